The van der Waals surface area contributed by atoms with Crippen LogP contribution in [0.2, 0.25) is 0 Å². The summed E-state index contributed by atoms with van der Waals surface area (Å²) in [5.74, 6) is 0. The predicted molar refractivity (Wildman–Crippen MR) is 91.2 cm³/mol. The first-order valence-electron chi connectivity index (χ1n) is 5.76. The Bertz CT molecular complexity index is 160. The zero-order valence-corrected chi connectivity index (χ0v) is 15.9. The van der Waals surface area contributed by atoms with E-state index in [1.165, 1.54) is 30.2 Å². The molecule has 0 aromatic heterocycles. The monoisotopic (exact) mass is 486 g/mol. The summed E-state index contributed by atoms with van der Waals surface area (Å²) in [4.78, 5) is 4.25. The van der Waals surface area contributed by atoms with Crippen molar-refractivity contribution < 1.29 is 28.5 Å². The summed E-state index contributed by atoms with van der Waals surface area (Å²) in [7, 11) is 11.1. The standard InChI is InChI=1S/C6H14N.C5H11N.CH3I.2CH4.HI/c1-7(2,3)6-4-5-6;1-6(2)5-3-4-5;1-2;;;/h6H,4-5H2,1-3H3;5H,3-4H2,1-2H3;1H3;2*1H4;1H/q+1;;;;;/p-1. The summed E-state index contributed by atoms with van der Waals surface area (Å²) in [6, 6.07) is 1.92. The van der Waals surface area contributed by atoms with Crippen LogP contribution in [0.25, 0.3) is 0 Å². The van der Waals surface area contributed by atoms with Crippen LogP contribution in [-0.2, 0) is 0 Å². The van der Waals surface area contributed by atoms with Gasteiger partial charge in [0.25, 0.3) is 0 Å². The highest BCUT2D eigenvalue weighted by Crippen LogP contribution is 2.28. The Kier molecular flexibility index (Phi) is 20.6. The molecule has 0 aromatic carbocycles. The predicted octanol–water partition coefficient (Wildman–Crippen LogP) is 0.893. The Balaban J connectivity index is -0.0000000839. The molecular weight excluding hydrogens is 450 g/mol. The van der Waals surface area contributed by atoms with Crippen LogP contribution < -0.4 is 24.0 Å². The maximum absolute atomic E-state index is 2.28. The van der Waals surface area contributed by atoms with Gasteiger partial charge in [-0.2, -0.15) is 0 Å². The molecule has 0 atom stereocenters. The maximum atomic E-state index is 2.28. The number of hydrogen-bond acceptors (Lipinski definition) is 1. The number of halogens is 2. The van der Waals surface area contributed by atoms with Crippen molar-refractivity contribution in [3.05, 3.63) is 0 Å². The van der Waals surface area contributed by atoms with E-state index in [4.69, 9.17) is 0 Å². The highest BCUT2D eigenvalue weighted by molar-refractivity contribution is 14.1. The topological polar surface area (TPSA) is 3.24 Å². The van der Waals surface area contributed by atoms with E-state index in [0.29, 0.717) is 0 Å². The third-order valence-electron chi connectivity index (χ3n) is 2.92. The number of nitrogens with zero attached hydrogens (tertiary/aromatic N) is 2. The van der Waals surface area contributed by atoms with E-state index in [2.05, 4.69) is 62.7 Å². The van der Waals surface area contributed by atoms with Crippen LogP contribution >= 0.6 is 22.6 Å². The van der Waals surface area contributed by atoms with Crippen molar-refractivity contribution in [2.24, 2.45) is 0 Å². The first-order valence-corrected chi connectivity index (χ1v) is 7.92. The maximum Gasteiger partial charge on any atom is 0.0888 e. The van der Waals surface area contributed by atoms with Crippen LogP contribution in [0.4, 0.5) is 0 Å². The second-order valence-electron chi connectivity index (χ2n) is 5.54. The van der Waals surface area contributed by atoms with Crippen molar-refractivity contribution >= 4 is 22.6 Å². The summed E-state index contributed by atoms with van der Waals surface area (Å²) in [5.41, 5.74) is 0. The Morgan fingerprint density at radius 3 is 1.22 bits per heavy atom. The third kappa shape index (κ3) is 15.4. The van der Waals surface area contributed by atoms with Crippen LogP contribution in [0.3, 0.4) is 0 Å². The molecule has 0 radical (unpaired) electrons. The van der Waals surface area contributed by atoms with Gasteiger partial charge in [0.15, 0.2) is 0 Å². The summed E-state index contributed by atoms with van der Waals surface area (Å²) in [6.07, 6.45) is 5.74. The van der Waals surface area contributed by atoms with Gasteiger partial charge in [0, 0.05) is 18.9 Å². The lowest BCUT2D eigenvalue weighted by Gasteiger charge is -2.22. The lowest BCUT2D eigenvalue weighted by atomic mass is 10.5. The second-order valence-corrected chi connectivity index (χ2v) is 5.54. The average molecular weight is 486 g/mol. The van der Waals surface area contributed by atoms with Gasteiger partial charge in [-0.3, -0.25) is 0 Å². The molecule has 0 spiro atoms. The minimum Gasteiger partial charge on any atom is -1.00 e. The van der Waals surface area contributed by atoms with Gasteiger partial charge in [0.2, 0.25) is 0 Å². The molecular formula is C14H36I2N2. The Hall–Kier alpha value is 1.38. The van der Waals surface area contributed by atoms with Gasteiger partial charge in [-0.05, 0) is 31.9 Å². The van der Waals surface area contributed by atoms with Crippen LogP contribution in [0.15, 0.2) is 0 Å². The van der Waals surface area contributed by atoms with Crippen molar-refractivity contribution in [3.8, 4) is 0 Å². The van der Waals surface area contributed by atoms with E-state index in [-0.39, 0.29) is 38.8 Å². The Labute approximate surface area is 148 Å². The van der Waals surface area contributed by atoms with Crippen LogP contribution in [0.5, 0.6) is 0 Å². The zero-order chi connectivity index (χ0) is 12.1. The van der Waals surface area contributed by atoms with E-state index in [0.717, 1.165) is 12.1 Å². The molecule has 2 saturated carbocycles. The zero-order valence-electron chi connectivity index (χ0n) is 11.6. The summed E-state index contributed by atoms with van der Waals surface area (Å²) in [5, 5.41) is 0. The molecule has 116 valence electrons. The molecule has 0 N–H and O–H groups in total. The Morgan fingerprint density at radius 1 is 0.889 bits per heavy atom. The second kappa shape index (κ2) is 13.4. The Morgan fingerprint density at radius 2 is 1.22 bits per heavy atom. The fourth-order valence-corrected chi connectivity index (χ4v) is 1.44. The van der Waals surface area contributed by atoms with Crippen molar-refractivity contribution in [2.75, 3.05) is 40.2 Å². The van der Waals surface area contributed by atoms with Crippen LogP contribution in [0, 0.1) is 0 Å². The van der Waals surface area contributed by atoms with E-state index < -0.39 is 0 Å². The van der Waals surface area contributed by atoms with Gasteiger partial charge in [0.05, 0.1) is 27.2 Å². The molecule has 4 heteroatoms. The number of quaternary nitrogens is 1. The van der Waals surface area contributed by atoms with Gasteiger partial charge in [-0.15, -0.1) is 0 Å². The van der Waals surface area contributed by atoms with E-state index in [1.807, 2.05) is 4.93 Å². The van der Waals surface area contributed by atoms with Crippen LogP contribution in [0.1, 0.15) is 40.5 Å². The van der Waals surface area contributed by atoms with E-state index in [1.54, 1.807) is 0 Å². The molecule has 0 bridgehead atoms. The molecule has 0 aliphatic heterocycles. The molecule has 2 fully saturated rings. The SMILES string of the molecule is C.C.CI.CN(C)C1CC1.C[N+](C)(C)C1CC1.[I-]. The lowest BCUT2D eigenvalue weighted by molar-refractivity contribution is -0.881. The summed E-state index contributed by atoms with van der Waals surface area (Å²) >= 11 is 2.15. The normalized spacial score (nSPS) is 16.7. The quantitative estimate of drug-likeness (QED) is 0.319. The molecule has 0 heterocycles. The number of rotatable bonds is 2. The molecule has 2 aliphatic carbocycles. The summed E-state index contributed by atoms with van der Waals surface area (Å²) in [6.45, 7) is 0. The molecule has 0 unspecified atom stereocenters. The molecule has 0 aromatic rings. The van der Waals surface area contributed by atoms with Gasteiger partial charge >= 0.3 is 0 Å². The summed E-state index contributed by atoms with van der Waals surface area (Å²) < 4.78 is 1.17. The third-order valence-corrected chi connectivity index (χ3v) is 2.92. The van der Waals surface area contributed by atoms with Crippen molar-refractivity contribution in [3.63, 3.8) is 0 Å². The lowest BCUT2D eigenvalue weighted by Crippen LogP contribution is -3.00. The van der Waals surface area contributed by atoms with Crippen molar-refractivity contribution in [2.45, 2.75) is 52.6 Å². The fourth-order valence-electron chi connectivity index (χ4n) is 1.44. The number of hydrogen-bond donors (Lipinski definition) is 0. The van der Waals surface area contributed by atoms with Crippen molar-refractivity contribution in [1.29, 1.82) is 0 Å². The highest BCUT2D eigenvalue weighted by Gasteiger charge is 2.34. The molecule has 0 saturated heterocycles. The fraction of sp³-hybridized carbons (Fsp3) is 1.00. The molecule has 2 nitrogen and oxygen atoms in total. The van der Waals surface area contributed by atoms with Crippen molar-refractivity contribution in [1.82, 2.24) is 4.90 Å². The largest absolute Gasteiger partial charge is 1.00 e. The molecule has 2 rings (SSSR count). The minimum atomic E-state index is 0. The smallest absolute Gasteiger partial charge is 0.0888 e. The number of alkyl halides is 1. The van der Waals surface area contributed by atoms with Gasteiger partial charge in [0.1, 0.15) is 0 Å². The average Bonchev–Trinajstić information content (AvgIpc) is 3.00. The van der Waals surface area contributed by atoms with E-state index >= 15 is 0 Å². The van der Waals surface area contributed by atoms with E-state index in [9.17, 15) is 0 Å². The minimum absolute atomic E-state index is 0. The molecule has 0 amide bonds. The van der Waals surface area contributed by atoms with Gasteiger partial charge in [-0.1, -0.05) is 37.4 Å². The highest BCUT2D eigenvalue weighted by atomic mass is 127. The van der Waals surface area contributed by atoms with Gasteiger partial charge in [-0.25, -0.2) is 0 Å². The first-order chi connectivity index (χ1) is 6.91. The molecule has 18 heavy (non-hydrogen) atoms. The molecule has 2 aliphatic rings. The first kappa shape index (κ1) is 27.7. The van der Waals surface area contributed by atoms with Crippen LogP contribution in [-0.4, -0.2) is 61.6 Å². The van der Waals surface area contributed by atoms with Gasteiger partial charge < -0.3 is 33.4 Å².